The summed E-state index contributed by atoms with van der Waals surface area (Å²) in [7, 11) is 0. The van der Waals surface area contributed by atoms with Crippen molar-refractivity contribution >= 4 is 34.4 Å². The third-order valence-corrected chi connectivity index (χ3v) is 5.77. The van der Waals surface area contributed by atoms with Crippen LogP contribution in [0.2, 0.25) is 5.02 Å². The molecular weight excluding hydrogens is 393 g/mol. The van der Waals surface area contributed by atoms with Crippen molar-refractivity contribution < 1.29 is 9.18 Å². The summed E-state index contributed by atoms with van der Waals surface area (Å²) in [5.74, 6) is 0.111. The average Bonchev–Trinajstić information content (AvgIpc) is 3.15. The highest BCUT2D eigenvalue weighted by molar-refractivity contribution is 6.31. The van der Waals surface area contributed by atoms with Gasteiger partial charge in [-0.15, -0.1) is 0 Å². The summed E-state index contributed by atoms with van der Waals surface area (Å²) in [6.45, 7) is 2.95. The molecule has 4 rings (SSSR count). The Hall–Kier alpha value is -2.67. The Kier molecular flexibility index (Phi) is 5.67. The molecule has 2 aromatic heterocycles. The lowest BCUT2D eigenvalue weighted by Gasteiger charge is -2.30. The van der Waals surface area contributed by atoms with Crippen LogP contribution in [0.25, 0.3) is 11.0 Å². The molecule has 1 aromatic carbocycles. The number of aryl methyl sites for hydroxylation is 1. The van der Waals surface area contributed by atoms with E-state index in [9.17, 15) is 9.18 Å². The van der Waals surface area contributed by atoms with Gasteiger partial charge in [0.15, 0.2) is 0 Å². The first kappa shape index (κ1) is 19.6. The van der Waals surface area contributed by atoms with Crippen molar-refractivity contribution in [2.45, 2.75) is 51.2 Å². The van der Waals surface area contributed by atoms with Crippen molar-refractivity contribution in [3.05, 3.63) is 53.2 Å². The summed E-state index contributed by atoms with van der Waals surface area (Å²) in [5.41, 5.74) is 1.31. The number of carbonyl (C=O) groups is 1. The number of amides is 1. The van der Waals surface area contributed by atoms with Gasteiger partial charge in [0.2, 0.25) is 0 Å². The zero-order chi connectivity index (χ0) is 20.4. The molecule has 152 valence electrons. The van der Waals surface area contributed by atoms with Crippen molar-refractivity contribution in [3.8, 4) is 0 Å². The normalized spacial score (nSPS) is 19.3. The molecule has 6 nitrogen and oxygen atoms in total. The Morgan fingerprint density at radius 1 is 1.21 bits per heavy atom. The zero-order valence-corrected chi connectivity index (χ0v) is 16.9. The predicted octanol–water partition coefficient (Wildman–Crippen LogP) is 4.40. The van der Waals surface area contributed by atoms with Crippen LogP contribution in [0.3, 0.4) is 0 Å². The number of hydrogen-bond acceptors (Lipinski definition) is 4. The van der Waals surface area contributed by atoms with Gasteiger partial charge in [-0.3, -0.25) is 4.79 Å². The first-order valence-electron chi connectivity index (χ1n) is 9.87. The van der Waals surface area contributed by atoms with Crippen LogP contribution in [0.4, 0.5) is 10.2 Å². The number of nitrogens with one attached hydrogen (secondary N) is 2. The number of aromatic nitrogens is 3. The number of fused-ring (bicyclic) bond motifs is 1. The van der Waals surface area contributed by atoms with E-state index in [0.717, 1.165) is 49.1 Å². The summed E-state index contributed by atoms with van der Waals surface area (Å²) in [5, 5.41) is 7.56. The second-order valence-corrected chi connectivity index (χ2v) is 7.76. The van der Waals surface area contributed by atoms with Gasteiger partial charge in [-0.2, -0.15) is 0 Å². The summed E-state index contributed by atoms with van der Waals surface area (Å²) >= 11 is 5.77. The SMILES string of the molecule is CCn1ccc2c(NC3CCC(NC(=O)c4ccc(F)c(Cl)c4)CC3)ncnc21. The van der Waals surface area contributed by atoms with Crippen molar-refractivity contribution in [3.63, 3.8) is 0 Å². The minimum absolute atomic E-state index is 0.0429. The van der Waals surface area contributed by atoms with E-state index in [1.54, 1.807) is 6.33 Å². The lowest BCUT2D eigenvalue weighted by molar-refractivity contribution is 0.0926. The van der Waals surface area contributed by atoms with Crippen molar-refractivity contribution in [2.75, 3.05) is 5.32 Å². The topological polar surface area (TPSA) is 71.8 Å². The number of hydrogen-bond donors (Lipinski definition) is 2. The van der Waals surface area contributed by atoms with Gasteiger partial charge in [-0.05, 0) is 56.9 Å². The summed E-state index contributed by atoms with van der Waals surface area (Å²) in [6, 6.07) is 6.46. The first-order valence-corrected chi connectivity index (χ1v) is 10.2. The maximum Gasteiger partial charge on any atom is 0.251 e. The highest BCUT2D eigenvalue weighted by Crippen LogP contribution is 2.26. The maximum absolute atomic E-state index is 13.3. The van der Waals surface area contributed by atoms with E-state index in [0.29, 0.717) is 11.6 Å². The third kappa shape index (κ3) is 4.19. The van der Waals surface area contributed by atoms with Gasteiger partial charge in [0.05, 0.1) is 10.4 Å². The van der Waals surface area contributed by atoms with Gasteiger partial charge in [0, 0.05) is 30.4 Å². The minimum atomic E-state index is -0.525. The van der Waals surface area contributed by atoms with Crippen LogP contribution in [0.15, 0.2) is 36.8 Å². The molecule has 0 unspecified atom stereocenters. The maximum atomic E-state index is 13.3. The van der Waals surface area contributed by atoms with Crippen LogP contribution >= 0.6 is 11.6 Å². The standard InChI is InChI=1S/C21H23ClFN5O/c1-2-28-10-9-16-19(24-12-25-20(16)28)26-14-4-6-15(7-5-14)27-21(29)13-3-8-18(23)17(22)11-13/h3,8-12,14-15H,2,4-7H2,1H3,(H,27,29)(H,24,25,26). The Labute approximate surface area is 173 Å². The van der Waals surface area contributed by atoms with Gasteiger partial charge in [-0.25, -0.2) is 14.4 Å². The smallest absolute Gasteiger partial charge is 0.251 e. The molecule has 3 aromatic rings. The predicted molar refractivity (Wildman–Crippen MR) is 112 cm³/mol. The van der Waals surface area contributed by atoms with Crippen molar-refractivity contribution in [1.29, 1.82) is 0 Å². The van der Waals surface area contributed by atoms with E-state index >= 15 is 0 Å². The number of rotatable bonds is 5. The molecule has 0 bridgehead atoms. The van der Waals surface area contributed by atoms with E-state index < -0.39 is 5.82 Å². The molecular formula is C21H23ClFN5O. The average molecular weight is 416 g/mol. The van der Waals surface area contributed by atoms with Gasteiger partial charge in [0.1, 0.15) is 23.6 Å². The van der Waals surface area contributed by atoms with Crippen LogP contribution < -0.4 is 10.6 Å². The minimum Gasteiger partial charge on any atom is -0.367 e. The number of benzene rings is 1. The van der Waals surface area contributed by atoms with Crippen molar-refractivity contribution in [1.82, 2.24) is 19.9 Å². The molecule has 1 aliphatic carbocycles. The highest BCUT2D eigenvalue weighted by atomic mass is 35.5. The highest BCUT2D eigenvalue weighted by Gasteiger charge is 2.24. The molecule has 0 spiro atoms. The van der Waals surface area contributed by atoms with E-state index in [-0.39, 0.29) is 17.0 Å². The lowest BCUT2D eigenvalue weighted by Crippen LogP contribution is -2.40. The molecule has 0 aliphatic heterocycles. The Morgan fingerprint density at radius 3 is 2.69 bits per heavy atom. The van der Waals surface area contributed by atoms with E-state index in [1.807, 2.05) is 12.3 Å². The number of anilines is 1. The van der Waals surface area contributed by atoms with Crippen LogP contribution in [-0.4, -0.2) is 32.5 Å². The second-order valence-electron chi connectivity index (χ2n) is 7.36. The van der Waals surface area contributed by atoms with Crippen LogP contribution in [0, 0.1) is 5.82 Å². The molecule has 1 aliphatic rings. The number of nitrogens with zero attached hydrogens (tertiary/aromatic N) is 3. The van der Waals surface area contributed by atoms with Crippen molar-refractivity contribution in [2.24, 2.45) is 0 Å². The number of carbonyl (C=O) groups excluding carboxylic acids is 1. The summed E-state index contributed by atoms with van der Waals surface area (Å²) < 4.78 is 15.4. The molecule has 0 radical (unpaired) electrons. The molecule has 1 fully saturated rings. The zero-order valence-electron chi connectivity index (χ0n) is 16.2. The second kappa shape index (κ2) is 8.37. The Morgan fingerprint density at radius 2 is 1.97 bits per heavy atom. The van der Waals surface area contributed by atoms with Crippen LogP contribution in [0.5, 0.6) is 0 Å². The van der Waals surface area contributed by atoms with Gasteiger partial charge >= 0.3 is 0 Å². The molecule has 0 atom stereocenters. The van der Waals surface area contributed by atoms with Gasteiger partial charge in [-0.1, -0.05) is 11.6 Å². The quantitative estimate of drug-likeness (QED) is 0.648. The fourth-order valence-corrected chi connectivity index (χ4v) is 4.04. The first-order chi connectivity index (χ1) is 14.0. The van der Waals surface area contributed by atoms with E-state index in [2.05, 4.69) is 32.1 Å². The largest absolute Gasteiger partial charge is 0.367 e. The van der Waals surface area contributed by atoms with Crippen LogP contribution in [0.1, 0.15) is 43.0 Å². The molecule has 2 N–H and O–H groups in total. The van der Waals surface area contributed by atoms with Gasteiger partial charge in [0.25, 0.3) is 5.91 Å². The molecule has 8 heteroatoms. The molecule has 1 amide bonds. The Balaban J connectivity index is 1.34. The monoisotopic (exact) mass is 415 g/mol. The molecule has 1 saturated carbocycles. The van der Waals surface area contributed by atoms with Crippen LogP contribution in [-0.2, 0) is 6.54 Å². The fourth-order valence-electron chi connectivity index (χ4n) is 3.86. The molecule has 29 heavy (non-hydrogen) atoms. The fraction of sp³-hybridized carbons (Fsp3) is 0.381. The molecule has 2 heterocycles. The summed E-state index contributed by atoms with van der Waals surface area (Å²) in [4.78, 5) is 21.2. The number of halogens is 2. The molecule has 0 saturated heterocycles. The van der Waals surface area contributed by atoms with E-state index in [1.165, 1.54) is 18.2 Å². The Bertz CT molecular complexity index is 1030. The van der Waals surface area contributed by atoms with E-state index in [4.69, 9.17) is 11.6 Å². The summed E-state index contributed by atoms with van der Waals surface area (Å²) in [6.07, 6.45) is 7.20. The van der Waals surface area contributed by atoms with Gasteiger partial charge < -0.3 is 15.2 Å². The lowest BCUT2D eigenvalue weighted by atomic mass is 9.91. The third-order valence-electron chi connectivity index (χ3n) is 5.48.